The van der Waals surface area contributed by atoms with Crippen LogP contribution in [-0.2, 0) is 14.4 Å². The van der Waals surface area contributed by atoms with Gasteiger partial charge >= 0.3 is 11.9 Å². The summed E-state index contributed by atoms with van der Waals surface area (Å²) in [6.45, 7) is -0.148. The van der Waals surface area contributed by atoms with Gasteiger partial charge in [0.1, 0.15) is 10.1 Å². The van der Waals surface area contributed by atoms with Crippen molar-refractivity contribution in [2.24, 2.45) is 0 Å². The van der Waals surface area contributed by atoms with Gasteiger partial charge in [0.25, 0.3) is 5.91 Å². The molecule has 0 atom stereocenters. The molecule has 1 aliphatic rings. The molecule has 1 heterocycles. The minimum absolute atomic E-state index is 0.0199. The average molecular weight is 381 g/mol. The molecule has 2 N–H and O–H groups in total. The van der Waals surface area contributed by atoms with Gasteiger partial charge in [-0.3, -0.25) is 14.5 Å². The summed E-state index contributed by atoms with van der Waals surface area (Å²) >= 11 is 6.34. The lowest BCUT2D eigenvalue weighted by Crippen LogP contribution is -2.29. The van der Waals surface area contributed by atoms with E-state index < -0.39 is 18.5 Å². The first-order valence-electron chi connectivity index (χ1n) is 7.28. The van der Waals surface area contributed by atoms with E-state index in [1.165, 1.54) is 16.7 Å². The monoisotopic (exact) mass is 381 g/mol. The molecule has 1 fully saturated rings. The lowest BCUT2D eigenvalue weighted by Gasteiger charge is -2.13. The van der Waals surface area contributed by atoms with Gasteiger partial charge in [0.2, 0.25) is 0 Å². The maximum absolute atomic E-state index is 12.4. The summed E-state index contributed by atoms with van der Waals surface area (Å²) in [6.07, 6.45) is 2.00. The Hall–Kier alpha value is -2.39. The molecule has 1 saturated heterocycles. The van der Waals surface area contributed by atoms with Crippen LogP contribution >= 0.6 is 24.0 Å². The predicted molar refractivity (Wildman–Crippen MR) is 96.3 cm³/mol. The third kappa shape index (κ3) is 5.57. The van der Waals surface area contributed by atoms with Crippen molar-refractivity contribution in [1.29, 1.82) is 0 Å². The number of thiocarbonyl (C=S) groups is 1. The van der Waals surface area contributed by atoms with Crippen LogP contribution < -0.4 is 4.74 Å². The van der Waals surface area contributed by atoms with E-state index in [1.807, 2.05) is 0 Å². The molecular formula is C16H15NO6S2. The molecule has 0 aliphatic carbocycles. The number of hydrogen-bond donors (Lipinski definition) is 2. The van der Waals surface area contributed by atoms with E-state index in [-0.39, 0.29) is 18.9 Å². The lowest BCUT2D eigenvalue weighted by molar-refractivity contribution is -0.139. The van der Waals surface area contributed by atoms with Gasteiger partial charge in [-0.1, -0.05) is 36.1 Å². The van der Waals surface area contributed by atoms with E-state index in [4.69, 9.17) is 27.2 Å². The van der Waals surface area contributed by atoms with Crippen LogP contribution in [-0.4, -0.2) is 50.4 Å². The average Bonchev–Trinajstić information content (AvgIpc) is 2.81. The zero-order chi connectivity index (χ0) is 18.4. The summed E-state index contributed by atoms with van der Waals surface area (Å²) in [5.74, 6) is -1.80. The standard InChI is InChI=1S/C16H15NO6S2/c18-13(19)2-1-7-17-15(22)12(25-16(17)24)8-10-3-5-11(6-4-10)23-9-14(20)21/h3-6,8H,1-2,7,9H2,(H,18,19)(H,20,21)/b12-8+. The van der Waals surface area contributed by atoms with Crippen LogP contribution in [0.5, 0.6) is 5.75 Å². The van der Waals surface area contributed by atoms with Crippen LogP contribution in [0.1, 0.15) is 18.4 Å². The second-order valence-electron chi connectivity index (χ2n) is 5.08. The maximum Gasteiger partial charge on any atom is 0.341 e. The normalized spacial score (nSPS) is 15.7. The molecule has 25 heavy (non-hydrogen) atoms. The van der Waals surface area contributed by atoms with E-state index in [0.29, 0.717) is 21.4 Å². The fourth-order valence-corrected chi connectivity index (χ4v) is 3.35. The lowest BCUT2D eigenvalue weighted by atomic mass is 10.2. The predicted octanol–water partition coefficient (Wildman–Crippen LogP) is 2.22. The number of thioether (sulfide) groups is 1. The van der Waals surface area contributed by atoms with Crippen molar-refractivity contribution < 1.29 is 29.3 Å². The molecule has 0 aromatic heterocycles. The molecule has 0 spiro atoms. The van der Waals surface area contributed by atoms with Gasteiger partial charge in [-0.2, -0.15) is 0 Å². The van der Waals surface area contributed by atoms with Crippen molar-refractivity contribution in [3.05, 3.63) is 34.7 Å². The molecule has 0 radical (unpaired) electrons. The van der Waals surface area contributed by atoms with Crippen molar-refractivity contribution in [3.63, 3.8) is 0 Å². The number of carboxylic acid groups (broad SMARTS) is 2. The zero-order valence-corrected chi connectivity index (χ0v) is 14.6. The van der Waals surface area contributed by atoms with Crippen molar-refractivity contribution in [3.8, 4) is 5.75 Å². The number of amides is 1. The van der Waals surface area contributed by atoms with E-state index in [1.54, 1.807) is 30.3 Å². The molecule has 1 aromatic carbocycles. The van der Waals surface area contributed by atoms with Crippen LogP contribution in [0, 0.1) is 0 Å². The van der Waals surface area contributed by atoms with Crippen LogP contribution in [0.4, 0.5) is 0 Å². The Morgan fingerprint density at radius 1 is 1.20 bits per heavy atom. The van der Waals surface area contributed by atoms with Gasteiger partial charge in [-0.05, 0) is 30.2 Å². The Labute approximate surface area is 153 Å². The first-order valence-corrected chi connectivity index (χ1v) is 8.51. The number of nitrogens with zero attached hydrogens (tertiary/aromatic N) is 1. The molecule has 0 saturated carbocycles. The molecule has 2 rings (SSSR count). The van der Waals surface area contributed by atoms with Crippen molar-refractivity contribution in [2.75, 3.05) is 13.2 Å². The molecule has 0 unspecified atom stereocenters. The minimum atomic E-state index is -1.06. The molecule has 132 valence electrons. The Bertz CT molecular complexity index is 729. The molecule has 1 aromatic rings. The number of carbonyl (C=O) groups excluding carboxylic acids is 1. The quantitative estimate of drug-likeness (QED) is 0.522. The van der Waals surface area contributed by atoms with Crippen molar-refractivity contribution in [2.45, 2.75) is 12.8 Å². The number of hydrogen-bond acceptors (Lipinski definition) is 6. The Morgan fingerprint density at radius 2 is 1.88 bits per heavy atom. The van der Waals surface area contributed by atoms with E-state index >= 15 is 0 Å². The SMILES string of the molecule is O=C(O)CCCN1C(=O)/C(=C\c2ccc(OCC(=O)O)cc2)SC1=S. The van der Waals surface area contributed by atoms with Gasteiger partial charge in [0.15, 0.2) is 6.61 Å². The largest absolute Gasteiger partial charge is 0.482 e. The van der Waals surface area contributed by atoms with E-state index in [9.17, 15) is 14.4 Å². The van der Waals surface area contributed by atoms with Gasteiger partial charge in [-0.15, -0.1) is 0 Å². The van der Waals surface area contributed by atoms with Crippen molar-refractivity contribution in [1.82, 2.24) is 4.90 Å². The number of rotatable bonds is 8. The summed E-state index contributed by atoms with van der Waals surface area (Å²) in [5, 5.41) is 17.2. The van der Waals surface area contributed by atoms with Gasteiger partial charge in [0.05, 0.1) is 4.91 Å². The van der Waals surface area contributed by atoms with Crippen molar-refractivity contribution >= 4 is 52.2 Å². The second kappa shape index (κ2) is 8.63. The number of benzene rings is 1. The first kappa shape index (κ1) is 18.9. The summed E-state index contributed by atoms with van der Waals surface area (Å²) in [4.78, 5) is 35.2. The number of ether oxygens (including phenoxy) is 1. The Morgan fingerprint density at radius 3 is 2.48 bits per heavy atom. The first-order chi connectivity index (χ1) is 11.9. The molecule has 1 aliphatic heterocycles. The summed E-state index contributed by atoms with van der Waals surface area (Å²) in [6, 6.07) is 6.63. The summed E-state index contributed by atoms with van der Waals surface area (Å²) < 4.78 is 5.45. The smallest absolute Gasteiger partial charge is 0.341 e. The zero-order valence-electron chi connectivity index (χ0n) is 13.0. The number of carboxylic acids is 2. The van der Waals surface area contributed by atoms with E-state index in [2.05, 4.69) is 0 Å². The second-order valence-corrected chi connectivity index (χ2v) is 6.76. The van der Waals surface area contributed by atoms with Gasteiger partial charge in [0, 0.05) is 13.0 Å². The molecule has 0 bridgehead atoms. The molecule has 7 nitrogen and oxygen atoms in total. The highest BCUT2D eigenvalue weighted by atomic mass is 32.2. The fourth-order valence-electron chi connectivity index (χ4n) is 2.04. The number of aliphatic carboxylic acids is 2. The summed E-state index contributed by atoms with van der Waals surface area (Å²) in [5.41, 5.74) is 0.744. The Kier molecular flexibility index (Phi) is 6.54. The molecule has 9 heteroatoms. The van der Waals surface area contributed by atoms with E-state index in [0.717, 1.165) is 5.56 Å². The van der Waals surface area contributed by atoms with Crippen LogP contribution in [0.2, 0.25) is 0 Å². The highest BCUT2D eigenvalue weighted by Gasteiger charge is 2.31. The maximum atomic E-state index is 12.4. The van der Waals surface area contributed by atoms with Gasteiger partial charge in [-0.25, -0.2) is 4.79 Å². The number of carbonyl (C=O) groups is 3. The Balaban J connectivity index is 2.00. The molecular weight excluding hydrogens is 366 g/mol. The third-order valence-electron chi connectivity index (χ3n) is 3.19. The third-order valence-corrected chi connectivity index (χ3v) is 4.56. The topological polar surface area (TPSA) is 104 Å². The minimum Gasteiger partial charge on any atom is -0.482 e. The highest BCUT2D eigenvalue weighted by molar-refractivity contribution is 8.26. The van der Waals surface area contributed by atoms with Gasteiger partial charge < -0.3 is 14.9 Å². The molecule has 1 amide bonds. The van der Waals surface area contributed by atoms with Crippen LogP contribution in [0.15, 0.2) is 29.2 Å². The van der Waals surface area contributed by atoms with Crippen LogP contribution in [0.25, 0.3) is 6.08 Å². The fraction of sp³-hybridized carbons (Fsp3) is 0.250. The summed E-state index contributed by atoms with van der Waals surface area (Å²) in [7, 11) is 0. The van der Waals surface area contributed by atoms with Crippen LogP contribution in [0.3, 0.4) is 0 Å². The highest BCUT2D eigenvalue weighted by Crippen LogP contribution is 2.32.